The molecule has 1 atom stereocenters. The number of piperazine rings is 1. The summed E-state index contributed by atoms with van der Waals surface area (Å²) < 4.78 is 5.31. The Morgan fingerprint density at radius 3 is 2.10 bits per heavy atom. The van der Waals surface area contributed by atoms with Crippen LogP contribution in [0.4, 0.5) is 11.4 Å². The highest BCUT2D eigenvalue weighted by molar-refractivity contribution is 7.80. The molecule has 1 fully saturated rings. The second-order valence-corrected chi connectivity index (χ2v) is 10.0. The van der Waals surface area contributed by atoms with Crippen LogP contribution in [0.3, 0.4) is 0 Å². The summed E-state index contributed by atoms with van der Waals surface area (Å²) in [6, 6.07) is 1.48. The highest BCUT2D eigenvalue weighted by atomic mass is 32.1. The van der Waals surface area contributed by atoms with E-state index in [4.69, 9.17) is 17.0 Å². The fourth-order valence-corrected chi connectivity index (χ4v) is 4.64. The van der Waals surface area contributed by atoms with Crippen molar-refractivity contribution in [2.45, 2.75) is 83.6 Å². The van der Waals surface area contributed by atoms with Gasteiger partial charge in [0.25, 0.3) is 17.3 Å². The van der Waals surface area contributed by atoms with Crippen LogP contribution < -0.4 is 10.6 Å². The molecule has 2 rings (SSSR count). The van der Waals surface area contributed by atoms with Gasteiger partial charge in [-0.3, -0.25) is 39.9 Å². The van der Waals surface area contributed by atoms with Crippen LogP contribution in [0.5, 0.6) is 0 Å². The van der Waals surface area contributed by atoms with Crippen molar-refractivity contribution in [1.82, 2.24) is 15.5 Å². The maximum atomic E-state index is 12.7. The number of nitro benzene ring substituents is 2. The van der Waals surface area contributed by atoms with Gasteiger partial charge in [0.05, 0.1) is 34.5 Å². The number of hydrogen-bond acceptors (Lipinski definition) is 9. The number of esters is 1. The standard InChI is InChI=1S/C26H37N5O8S/c1-2-3-4-5-6-7-8-9-10-11-14-39-23(32)18-22-25(34)27-12-13-29(22)26(40)28-24(33)19-15-20(30(35)36)17-21(16-19)31(37)38/h15-17,22H,2-14,18H2,1H3,(H,27,34)(H,28,33,40). The highest BCUT2D eigenvalue weighted by Crippen LogP contribution is 2.23. The van der Waals surface area contributed by atoms with Crippen LogP contribution in [0.2, 0.25) is 0 Å². The van der Waals surface area contributed by atoms with Crippen molar-refractivity contribution in [1.29, 1.82) is 0 Å². The maximum Gasteiger partial charge on any atom is 0.308 e. The van der Waals surface area contributed by atoms with Crippen molar-refractivity contribution in [3.8, 4) is 0 Å². The van der Waals surface area contributed by atoms with E-state index < -0.39 is 45.0 Å². The number of nitrogens with one attached hydrogen (secondary N) is 2. The Kier molecular flexibility index (Phi) is 13.9. The van der Waals surface area contributed by atoms with Crippen molar-refractivity contribution >= 4 is 46.5 Å². The molecule has 0 bridgehead atoms. The fourth-order valence-electron chi connectivity index (χ4n) is 4.33. The van der Waals surface area contributed by atoms with E-state index >= 15 is 0 Å². The van der Waals surface area contributed by atoms with Crippen LogP contribution >= 0.6 is 12.2 Å². The molecule has 1 unspecified atom stereocenters. The lowest BCUT2D eigenvalue weighted by molar-refractivity contribution is -0.394. The monoisotopic (exact) mass is 579 g/mol. The summed E-state index contributed by atoms with van der Waals surface area (Å²) >= 11 is 5.28. The molecule has 0 aliphatic carbocycles. The van der Waals surface area contributed by atoms with Crippen LogP contribution in [0, 0.1) is 20.2 Å². The summed E-state index contributed by atoms with van der Waals surface area (Å²) in [5.74, 6) is -1.97. The average molecular weight is 580 g/mol. The number of amides is 2. The number of hydrogen-bond donors (Lipinski definition) is 2. The average Bonchev–Trinajstić information content (AvgIpc) is 2.92. The number of thiocarbonyl (C=S) groups is 1. The van der Waals surface area contributed by atoms with Crippen molar-refractivity contribution < 1.29 is 29.0 Å². The van der Waals surface area contributed by atoms with Crippen LogP contribution in [0.1, 0.15) is 87.9 Å². The Hall–Kier alpha value is -3.68. The summed E-state index contributed by atoms with van der Waals surface area (Å²) in [7, 11) is 0. The number of rotatable bonds is 16. The third-order valence-electron chi connectivity index (χ3n) is 6.52. The Morgan fingerprint density at radius 1 is 1.00 bits per heavy atom. The van der Waals surface area contributed by atoms with Gasteiger partial charge in [-0.1, -0.05) is 64.7 Å². The molecule has 2 amide bonds. The van der Waals surface area contributed by atoms with Gasteiger partial charge in [-0.15, -0.1) is 0 Å². The molecular formula is C26H37N5O8S. The topological polar surface area (TPSA) is 174 Å². The molecule has 40 heavy (non-hydrogen) atoms. The van der Waals surface area contributed by atoms with E-state index in [2.05, 4.69) is 17.6 Å². The van der Waals surface area contributed by atoms with Crippen molar-refractivity contribution in [3.63, 3.8) is 0 Å². The van der Waals surface area contributed by atoms with E-state index in [1.54, 1.807) is 0 Å². The SMILES string of the molecule is CCCCCCCCCCCCOC(=O)CC1C(=O)NCCN1C(=S)NC(=O)c1cc([N+](=O)[O-])cc([N+](=O)[O-])c1. The molecule has 0 aromatic heterocycles. The first kappa shape index (κ1) is 32.5. The van der Waals surface area contributed by atoms with Gasteiger partial charge in [-0.2, -0.15) is 0 Å². The molecule has 1 heterocycles. The second kappa shape index (κ2) is 17.1. The van der Waals surface area contributed by atoms with E-state index in [9.17, 15) is 34.6 Å². The number of carbonyl (C=O) groups is 3. The van der Waals surface area contributed by atoms with Crippen molar-refractivity contribution in [3.05, 3.63) is 44.0 Å². The van der Waals surface area contributed by atoms with Gasteiger partial charge in [-0.05, 0) is 18.6 Å². The summed E-state index contributed by atoms with van der Waals surface area (Å²) in [6.07, 6.45) is 11.2. The zero-order valence-corrected chi connectivity index (χ0v) is 23.5. The van der Waals surface area contributed by atoms with Gasteiger partial charge in [-0.25, -0.2) is 0 Å². The van der Waals surface area contributed by atoms with Crippen molar-refractivity contribution in [2.24, 2.45) is 0 Å². The predicted molar refractivity (Wildman–Crippen MR) is 151 cm³/mol. The Morgan fingerprint density at radius 2 is 1.55 bits per heavy atom. The molecule has 0 saturated carbocycles. The third kappa shape index (κ3) is 10.8. The molecule has 220 valence electrons. The fraction of sp³-hybridized carbons (Fsp3) is 0.615. The van der Waals surface area contributed by atoms with Crippen molar-refractivity contribution in [2.75, 3.05) is 19.7 Å². The van der Waals surface area contributed by atoms with E-state index in [-0.39, 0.29) is 36.8 Å². The molecule has 1 saturated heterocycles. The molecule has 0 radical (unpaired) electrons. The van der Waals surface area contributed by atoms with Gasteiger partial charge in [0.1, 0.15) is 6.04 Å². The number of non-ortho nitro benzene ring substituents is 2. The summed E-state index contributed by atoms with van der Waals surface area (Å²) in [6.45, 7) is 2.85. The number of benzene rings is 1. The number of ether oxygens (including phenoxy) is 1. The van der Waals surface area contributed by atoms with Crippen LogP contribution in [-0.4, -0.2) is 63.4 Å². The summed E-state index contributed by atoms with van der Waals surface area (Å²) in [4.78, 5) is 59.6. The predicted octanol–water partition coefficient (Wildman–Crippen LogP) is 4.17. The minimum atomic E-state index is -1.03. The van der Waals surface area contributed by atoms with Gasteiger partial charge >= 0.3 is 5.97 Å². The van der Waals surface area contributed by atoms with Gasteiger partial charge < -0.3 is 15.0 Å². The molecule has 13 nitrogen and oxygen atoms in total. The lowest BCUT2D eigenvalue weighted by Crippen LogP contribution is -2.60. The van der Waals surface area contributed by atoms with E-state index in [1.807, 2.05) is 0 Å². The highest BCUT2D eigenvalue weighted by Gasteiger charge is 2.34. The Bertz CT molecular complexity index is 1050. The first-order valence-corrected chi connectivity index (χ1v) is 14.0. The summed E-state index contributed by atoms with van der Waals surface area (Å²) in [5, 5.41) is 27.1. The molecular weight excluding hydrogens is 542 g/mol. The van der Waals surface area contributed by atoms with Crippen LogP contribution in [0.25, 0.3) is 0 Å². The van der Waals surface area contributed by atoms with E-state index in [1.165, 1.54) is 43.4 Å². The molecule has 0 spiro atoms. The van der Waals surface area contributed by atoms with Gasteiger partial charge in [0, 0.05) is 25.2 Å². The zero-order chi connectivity index (χ0) is 29.5. The maximum absolute atomic E-state index is 12.7. The number of nitro groups is 2. The molecule has 1 aliphatic heterocycles. The minimum Gasteiger partial charge on any atom is -0.466 e. The van der Waals surface area contributed by atoms with E-state index in [0.29, 0.717) is 0 Å². The Balaban J connectivity index is 1.85. The summed E-state index contributed by atoms with van der Waals surface area (Å²) in [5.41, 5.74) is -1.62. The second-order valence-electron chi connectivity index (χ2n) is 9.62. The molecule has 14 heteroatoms. The largest absolute Gasteiger partial charge is 0.466 e. The lowest BCUT2D eigenvalue weighted by atomic mass is 10.1. The third-order valence-corrected chi connectivity index (χ3v) is 6.86. The molecule has 2 N–H and O–H groups in total. The quantitative estimate of drug-likeness (QED) is 0.0951. The number of carbonyl (C=O) groups excluding carboxylic acids is 3. The normalized spacial score (nSPS) is 14.8. The van der Waals surface area contributed by atoms with Crippen LogP contribution in [0.15, 0.2) is 18.2 Å². The first-order chi connectivity index (χ1) is 19.1. The molecule has 1 aromatic carbocycles. The first-order valence-electron chi connectivity index (χ1n) is 13.6. The van der Waals surface area contributed by atoms with E-state index in [0.717, 1.165) is 43.9 Å². The lowest BCUT2D eigenvalue weighted by Gasteiger charge is -2.36. The minimum absolute atomic E-state index is 0.191. The molecule has 1 aromatic rings. The molecule has 1 aliphatic rings. The smallest absolute Gasteiger partial charge is 0.308 e. The van der Waals surface area contributed by atoms with Gasteiger partial charge in [0.15, 0.2) is 5.11 Å². The zero-order valence-electron chi connectivity index (χ0n) is 22.7. The number of unbranched alkanes of at least 4 members (excludes halogenated alkanes) is 9. The van der Waals surface area contributed by atoms with Crippen LogP contribution in [-0.2, 0) is 14.3 Å². The Labute approximate surface area is 238 Å². The van der Waals surface area contributed by atoms with Gasteiger partial charge in [0.2, 0.25) is 5.91 Å². The number of nitrogens with zero attached hydrogens (tertiary/aromatic N) is 3.